The minimum absolute atomic E-state index is 0.198. The zero-order chi connectivity index (χ0) is 13.7. The molecular weight excluding hydrogens is 254 g/mol. The van der Waals surface area contributed by atoms with Crippen LogP contribution < -0.4 is 11.1 Å². The minimum Gasteiger partial charge on any atom is -0.389 e. The number of rotatable bonds is 5. The quantitative estimate of drug-likeness (QED) is 0.819. The van der Waals surface area contributed by atoms with Gasteiger partial charge in [0, 0.05) is 6.20 Å². The van der Waals surface area contributed by atoms with Gasteiger partial charge in [-0.15, -0.1) is 0 Å². The summed E-state index contributed by atoms with van der Waals surface area (Å²) in [7, 11) is 0. The summed E-state index contributed by atoms with van der Waals surface area (Å²) in [5, 5.41) is 3.42. The summed E-state index contributed by atoms with van der Waals surface area (Å²) in [6, 6.07) is 14.2. The molecule has 1 heterocycles. The van der Waals surface area contributed by atoms with Gasteiger partial charge in [0.25, 0.3) is 0 Å². The van der Waals surface area contributed by atoms with E-state index in [1.165, 1.54) is 5.56 Å². The van der Waals surface area contributed by atoms with Crippen LogP contribution in [0.15, 0.2) is 48.7 Å². The number of pyridine rings is 1. The number of nitrogens with one attached hydrogen (secondary N) is 1. The molecule has 0 aliphatic rings. The highest BCUT2D eigenvalue weighted by Crippen LogP contribution is 2.23. The first-order valence-electron chi connectivity index (χ1n) is 6.28. The maximum Gasteiger partial charge on any atom is 0.136 e. The smallest absolute Gasteiger partial charge is 0.136 e. The molecule has 1 aromatic carbocycles. The second-order valence-electron chi connectivity index (χ2n) is 4.28. The number of anilines is 1. The van der Waals surface area contributed by atoms with E-state index in [0.29, 0.717) is 4.99 Å². The van der Waals surface area contributed by atoms with Crippen molar-refractivity contribution in [1.82, 2.24) is 4.98 Å². The average Bonchev–Trinajstić information content (AvgIpc) is 2.46. The zero-order valence-corrected chi connectivity index (χ0v) is 11.7. The summed E-state index contributed by atoms with van der Waals surface area (Å²) in [6.07, 6.45) is 2.69. The first kappa shape index (κ1) is 13.5. The van der Waals surface area contributed by atoms with Crippen LogP contribution in [0.25, 0.3) is 0 Å². The van der Waals surface area contributed by atoms with E-state index in [4.69, 9.17) is 18.0 Å². The minimum atomic E-state index is 0.198. The topological polar surface area (TPSA) is 50.9 Å². The first-order chi connectivity index (χ1) is 9.22. The summed E-state index contributed by atoms with van der Waals surface area (Å²) in [5.41, 5.74) is 7.73. The molecular formula is C15H17N3S. The Bertz CT molecular complexity index is 554. The van der Waals surface area contributed by atoms with Crippen molar-refractivity contribution < 1.29 is 0 Å². The Kier molecular flexibility index (Phi) is 4.47. The van der Waals surface area contributed by atoms with Crippen LogP contribution in [-0.4, -0.2) is 9.97 Å². The van der Waals surface area contributed by atoms with Crippen molar-refractivity contribution in [3.05, 3.63) is 59.8 Å². The van der Waals surface area contributed by atoms with Gasteiger partial charge in [-0.05, 0) is 24.1 Å². The second kappa shape index (κ2) is 6.29. The molecule has 0 bridgehead atoms. The van der Waals surface area contributed by atoms with Crippen molar-refractivity contribution >= 4 is 23.0 Å². The van der Waals surface area contributed by atoms with E-state index in [0.717, 1.165) is 17.8 Å². The monoisotopic (exact) mass is 271 g/mol. The maximum atomic E-state index is 5.72. The summed E-state index contributed by atoms with van der Waals surface area (Å²) in [4.78, 5) is 4.69. The van der Waals surface area contributed by atoms with E-state index >= 15 is 0 Å². The average molecular weight is 271 g/mol. The molecule has 0 saturated heterocycles. The van der Waals surface area contributed by atoms with E-state index in [-0.39, 0.29) is 6.04 Å². The van der Waals surface area contributed by atoms with Crippen molar-refractivity contribution in [3.63, 3.8) is 0 Å². The highest BCUT2D eigenvalue weighted by atomic mass is 32.1. The fourth-order valence-corrected chi connectivity index (χ4v) is 2.16. The van der Waals surface area contributed by atoms with Crippen LogP contribution in [0, 0.1) is 0 Å². The van der Waals surface area contributed by atoms with Gasteiger partial charge in [0.15, 0.2) is 0 Å². The Labute approximate surface area is 118 Å². The summed E-state index contributed by atoms with van der Waals surface area (Å²) >= 11 is 5.05. The van der Waals surface area contributed by atoms with Gasteiger partial charge in [-0.1, -0.05) is 49.5 Å². The van der Waals surface area contributed by atoms with Crippen molar-refractivity contribution in [2.24, 2.45) is 5.73 Å². The Morgan fingerprint density at radius 2 is 2.00 bits per heavy atom. The fraction of sp³-hybridized carbons (Fsp3) is 0.200. The Balaban J connectivity index is 2.27. The second-order valence-corrected chi connectivity index (χ2v) is 4.72. The third-order valence-corrected chi connectivity index (χ3v) is 3.21. The summed E-state index contributed by atoms with van der Waals surface area (Å²) < 4.78 is 0. The van der Waals surface area contributed by atoms with E-state index in [2.05, 4.69) is 29.4 Å². The van der Waals surface area contributed by atoms with Crippen molar-refractivity contribution in [2.45, 2.75) is 19.4 Å². The highest BCUT2D eigenvalue weighted by Gasteiger charge is 2.12. The standard InChI is InChI=1S/C15H17N3S/c1-2-13(11-7-4-3-5-8-11)18-15-12(14(16)19)9-6-10-17-15/h3-10,13H,2H2,1H3,(H2,16,19)(H,17,18). The highest BCUT2D eigenvalue weighted by molar-refractivity contribution is 7.80. The van der Waals surface area contributed by atoms with E-state index < -0.39 is 0 Å². The molecule has 2 rings (SSSR count). The third kappa shape index (κ3) is 3.29. The van der Waals surface area contributed by atoms with E-state index in [9.17, 15) is 0 Å². The molecule has 0 aliphatic heterocycles. The van der Waals surface area contributed by atoms with E-state index in [1.54, 1.807) is 6.20 Å². The zero-order valence-electron chi connectivity index (χ0n) is 10.8. The van der Waals surface area contributed by atoms with Gasteiger partial charge in [0.05, 0.1) is 11.6 Å². The lowest BCUT2D eigenvalue weighted by Gasteiger charge is -2.19. The van der Waals surface area contributed by atoms with Gasteiger partial charge < -0.3 is 11.1 Å². The lowest BCUT2D eigenvalue weighted by atomic mass is 10.0. The lowest BCUT2D eigenvalue weighted by Crippen LogP contribution is -2.17. The van der Waals surface area contributed by atoms with Crippen LogP contribution in [0.5, 0.6) is 0 Å². The lowest BCUT2D eigenvalue weighted by molar-refractivity contribution is 0.744. The predicted molar refractivity (Wildman–Crippen MR) is 83.2 cm³/mol. The number of hydrogen-bond acceptors (Lipinski definition) is 3. The van der Waals surface area contributed by atoms with Crippen molar-refractivity contribution in [1.29, 1.82) is 0 Å². The van der Waals surface area contributed by atoms with Crippen LogP contribution in [0.3, 0.4) is 0 Å². The van der Waals surface area contributed by atoms with Gasteiger partial charge in [-0.25, -0.2) is 4.98 Å². The number of hydrogen-bond donors (Lipinski definition) is 2. The third-order valence-electron chi connectivity index (χ3n) is 2.99. The Morgan fingerprint density at radius 3 is 2.63 bits per heavy atom. The molecule has 19 heavy (non-hydrogen) atoms. The van der Waals surface area contributed by atoms with Crippen LogP contribution in [0.4, 0.5) is 5.82 Å². The van der Waals surface area contributed by atoms with Gasteiger partial charge in [-0.3, -0.25) is 0 Å². The maximum absolute atomic E-state index is 5.72. The van der Waals surface area contributed by atoms with Gasteiger partial charge in [0.1, 0.15) is 10.8 Å². The molecule has 0 radical (unpaired) electrons. The molecule has 0 aliphatic carbocycles. The SMILES string of the molecule is CCC(Nc1ncccc1C(N)=S)c1ccccc1. The number of thiocarbonyl (C=S) groups is 1. The van der Waals surface area contributed by atoms with Crippen molar-refractivity contribution in [3.8, 4) is 0 Å². The molecule has 3 N–H and O–H groups in total. The fourth-order valence-electron chi connectivity index (χ4n) is 1.99. The van der Waals surface area contributed by atoms with E-state index in [1.807, 2.05) is 30.3 Å². The molecule has 0 fully saturated rings. The molecule has 3 nitrogen and oxygen atoms in total. The molecule has 0 spiro atoms. The first-order valence-corrected chi connectivity index (χ1v) is 6.69. The largest absolute Gasteiger partial charge is 0.389 e. The molecule has 2 aromatic rings. The number of nitrogens with zero attached hydrogens (tertiary/aromatic N) is 1. The Hall–Kier alpha value is -1.94. The predicted octanol–water partition coefficient (Wildman–Crippen LogP) is 3.28. The van der Waals surface area contributed by atoms with Gasteiger partial charge in [-0.2, -0.15) is 0 Å². The molecule has 1 unspecified atom stereocenters. The summed E-state index contributed by atoms with van der Waals surface area (Å²) in [5.74, 6) is 0.741. The van der Waals surface area contributed by atoms with Gasteiger partial charge in [0.2, 0.25) is 0 Å². The van der Waals surface area contributed by atoms with Gasteiger partial charge >= 0.3 is 0 Å². The van der Waals surface area contributed by atoms with Crippen LogP contribution in [0.2, 0.25) is 0 Å². The molecule has 0 saturated carbocycles. The number of aromatic nitrogens is 1. The summed E-state index contributed by atoms with van der Waals surface area (Å²) in [6.45, 7) is 2.13. The number of benzene rings is 1. The van der Waals surface area contributed by atoms with Crippen LogP contribution in [0.1, 0.15) is 30.5 Å². The Morgan fingerprint density at radius 1 is 1.26 bits per heavy atom. The number of nitrogens with two attached hydrogens (primary N) is 1. The molecule has 1 atom stereocenters. The molecule has 1 aromatic heterocycles. The van der Waals surface area contributed by atoms with Crippen molar-refractivity contribution in [2.75, 3.05) is 5.32 Å². The normalized spacial score (nSPS) is 11.8. The molecule has 0 amide bonds. The van der Waals surface area contributed by atoms with Crippen LogP contribution in [-0.2, 0) is 0 Å². The molecule has 98 valence electrons. The van der Waals surface area contributed by atoms with Crippen LogP contribution >= 0.6 is 12.2 Å². The molecule has 4 heteroatoms.